The summed E-state index contributed by atoms with van der Waals surface area (Å²) in [5, 5.41) is 5.92. The molecule has 6 nitrogen and oxygen atoms in total. The second-order valence-corrected chi connectivity index (χ2v) is 7.06. The Kier molecular flexibility index (Phi) is 6.40. The third kappa shape index (κ3) is 4.58. The molecule has 0 aliphatic heterocycles. The normalized spacial score (nSPS) is 13.1. The number of carbonyl (C=O) groups is 2. The molecular weight excluding hydrogens is 473 g/mol. The molecule has 1 aromatic heterocycles. The number of rotatable bonds is 6. The van der Waals surface area contributed by atoms with Crippen LogP contribution in [0, 0.1) is 0 Å². The van der Waals surface area contributed by atoms with Crippen LogP contribution in [0.4, 0.5) is 36.4 Å². The molecule has 3 rings (SSSR count). The number of aromatic nitrogens is 1. The van der Waals surface area contributed by atoms with Crippen LogP contribution in [0.1, 0.15) is 22.8 Å². The molecule has 0 aliphatic rings. The Bertz CT molecular complexity index is 1250. The summed E-state index contributed by atoms with van der Waals surface area (Å²) in [6, 6.07) is 11.5. The SMILES string of the molecule is C/C(=N\NC(=O)c1c[nH]c2ccccc12)c1ccc(NC(=O)C(F)(F)C(F)(F)C(F)(F)F)cc1. The number of hydrogen-bond acceptors (Lipinski definition) is 3. The minimum absolute atomic E-state index is 0.250. The molecular formula is C21H15F7N4O2. The van der Waals surface area contributed by atoms with E-state index in [0.717, 1.165) is 17.6 Å². The first-order valence-corrected chi connectivity index (χ1v) is 9.40. The highest BCUT2D eigenvalue weighted by atomic mass is 19.4. The number of halogens is 7. The van der Waals surface area contributed by atoms with Gasteiger partial charge in [-0.3, -0.25) is 9.59 Å². The molecule has 3 aromatic rings. The van der Waals surface area contributed by atoms with Gasteiger partial charge in [0.1, 0.15) is 0 Å². The number of hydrogen-bond donors (Lipinski definition) is 3. The van der Waals surface area contributed by atoms with Crippen molar-refractivity contribution in [1.82, 2.24) is 10.4 Å². The predicted molar refractivity (Wildman–Crippen MR) is 109 cm³/mol. The fourth-order valence-corrected chi connectivity index (χ4v) is 2.84. The molecule has 2 aromatic carbocycles. The van der Waals surface area contributed by atoms with E-state index in [-0.39, 0.29) is 5.71 Å². The molecule has 2 amide bonds. The Hall–Kier alpha value is -3.90. The maximum Gasteiger partial charge on any atom is 0.460 e. The van der Waals surface area contributed by atoms with Crippen molar-refractivity contribution < 1.29 is 40.3 Å². The lowest BCUT2D eigenvalue weighted by molar-refractivity contribution is -0.343. The number of benzene rings is 2. The van der Waals surface area contributed by atoms with E-state index < -0.39 is 35.5 Å². The van der Waals surface area contributed by atoms with E-state index in [1.165, 1.54) is 30.6 Å². The summed E-state index contributed by atoms with van der Waals surface area (Å²) in [4.78, 5) is 26.7. The van der Waals surface area contributed by atoms with Gasteiger partial charge in [-0.15, -0.1) is 0 Å². The van der Waals surface area contributed by atoms with Gasteiger partial charge in [0.05, 0.1) is 11.3 Å². The minimum Gasteiger partial charge on any atom is -0.360 e. The summed E-state index contributed by atoms with van der Waals surface area (Å²) >= 11 is 0. The highest BCUT2D eigenvalue weighted by Crippen LogP contribution is 2.46. The molecule has 0 fully saturated rings. The Labute approximate surface area is 186 Å². The third-order valence-electron chi connectivity index (χ3n) is 4.76. The van der Waals surface area contributed by atoms with Crippen molar-refractivity contribution in [2.75, 3.05) is 5.32 Å². The van der Waals surface area contributed by atoms with E-state index in [4.69, 9.17) is 0 Å². The number of nitrogens with one attached hydrogen (secondary N) is 3. The van der Waals surface area contributed by atoms with Gasteiger partial charge in [0, 0.05) is 22.8 Å². The van der Waals surface area contributed by atoms with Gasteiger partial charge in [-0.05, 0) is 30.7 Å². The Balaban J connectivity index is 1.68. The van der Waals surface area contributed by atoms with E-state index in [0.29, 0.717) is 16.5 Å². The van der Waals surface area contributed by atoms with Crippen LogP contribution in [0.15, 0.2) is 59.8 Å². The van der Waals surface area contributed by atoms with Gasteiger partial charge in [0.25, 0.3) is 5.91 Å². The van der Waals surface area contributed by atoms with Gasteiger partial charge in [-0.2, -0.15) is 35.8 Å². The minimum atomic E-state index is -6.62. The first-order valence-electron chi connectivity index (χ1n) is 9.40. The van der Waals surface area contributed by atoms with Gasteiger partial charge in [-0.25, -0.2) is 5.43 Å². The zero-order valence-electron chi connectivity index (χ0n) is 17.1. The number of carbonyl (C=O) groups excluding carboxylic acids is 2. The van der Waals surface area contributed by atoms with Crippen molar-refractivity contribution in [3.05, 3.63) is 65.9 Å². The number of nitrogens with zero attached hydrogens (tertiary/aromatic N) is 1. The molecule has 0 radical (unpaired) electrons. The fourth-order valence-electron chi connectivity index (χ4n) is 2.84. The Morgan fingerprint density at radius 2 is 1.53 bits per heavy atom. The van der Waals surface area contributed by atoms with Crippen molar-refractivity contribution in [2.24, 2.45) is 5.10 Å². The summed E-state index contributed by atoms with van der Waals surface area (Å²) in [6.07, 6.45) is -5.12. The first-order chi connectivity index (χ1) is 15.8. The van der Waals surface area contributed by atoms with Crippen molar-refractivity contribution in [3.63, 3.8) is 0 Å². The topological polar surface area (TPSA) is 86.3 Å². The number of para-hydroxylation sites is 1. The lowest BCUT2D eigenvalue weighted by Crippen LogP contribution is -2.57. The van der Waals surface area contributed by atoms with Gasteiger partial charge in [0.2, 0.25) is 0 Å². The van der Waals surface area contributed by atoms with E-state index in [1.54, 1.807) is 24.3 Å². The Morgan fingerprint density at radius 1 is 0.912 bits per heavy atom. The molecule has 3 N–H and O–H groups in total. The quantitative estimate of drug-likeness (QED) is 0.256. The van der Waals surface area contributed by atoms with E-state index in [2.05, 4.69) is 15.5 Å². The van der Waals surface area contributed by atoms with Gasteiger partial charge in [0.15, 0.2) is 0 Å². The van der Waals surface area contributed by atoms with E-state index in [9.17, 15) is 40.3 Å². The molecule has 0 saturated heterocycles. The number of anilines is 1. The standard InChI is InChI=1S/C21H15F7N4O2/c1-11(31-32-17(33)15-10-29-16-5-3-2-4-14(15)16)12-6-8-13(9-7-12)30-18(34)19(22,23)20(24,25)21(26,27)28/h2-10,29H,1H3,(H,30,34)(H,32,33)/b31-11+. The molecule has 0 saturated carbocycles. The zero-order valence-corrected chi connectivity index (χ0v) is 17.1. The fraction of sp³-hybridized carbons (Fsp3) is 0.190. The van der Waals surface area contributed by atoms with Gasteiger partial charge < -0.3 is 10.3 Å². The highest BCUT2D eigenvalue weighted by molar-refractivity contribution is 6.07. The average Bonchev–Trinajstić information content (AvgIpc) is 3.21. The molecule has 180 valence electrons. The highest BCUT2D eigenvalue weighted by Gasteiger charge is 2.76. The summed E-state index contributed by atoms with van der Waals surface area (Å²) in [6.45, 7) is 1.49. The van der Waals surface area contributed by atoms with E-state index >= 15 is 0 Å². The van der Waals surface area contributed by atoms with Crippen LogP contribution >= 0.6 is 0 Å². The molecule has 1 heterocycles. The number of aromatic amines is 1. The van der Waals surface area contributed by atoms with Gasteiger partial charge in [-0.1, -0.05) is 30.3 Å². The lowest BCUT2D eigenvalue weighted by Gasteiger charge is -2.27. The largest absolute Gasteiger partial charge is 0.460 e. The van der Waals surface area contributed by atoms with Crippen LogP contribution < -0.4 is 10.7 Å². The molecule has 0 atom stereocenters. The van der Waals surface area contributed by atoms with Crippen molar-refractivity contribution in [3.8, 4) is 0 Å². The van der Waals surface area contributed by atoms with Crippen LogP contribution in [0.2, 0.25) is 0 Å². The number of H-pyrrole nitrogens is 1. The summed E-state index contributed by atoms with van der Waals surface area (Å²) < 4.78 is 89.5. The third-order valence-corrected chi connectivity index (χ3v) is 4.76. The second-order valence-electron chi connectivity index (χ2n) is 7.06. The molecule has 0 unspecified atom stereocenters. The Morgan fingerprint density at radius 3 is 2.15 bits per heavy atom. The summed E-state index contributed by atoms with van der Waals surface area (Å²) in [5.74, 6) is -15.9. The maximum atomic E-state index is 13.4. The first kappa shape index (κ1) is 24.7. The van der Waals surface area contributed by atoms with Crippen molar-refractivity contribution in [1.29, 1.82) is 0 Å². The van der Waals surface area contributed by atoms with Crippen LogP contribution in [-0.4, -0.2) is 40.5 Å². The van der Waals surface area contributed by atoms with Crippen LogP contribution in [-0.2, 0) is 4.79 Å². The molecule has 0 bridgehead atoms. The smallest absolute Gasteiger partial charge is 0.360 e. The van der Waals surface area contributed by atoms with Crippen molar-refractivity contribution >= 4 is 34.1 Å². The van der Waals surface area contributed by atoms with Crippen molar-refractivity contribution in [2.45, 2.75) is 24.9 Å². The summed E-state index contributed by atoms with van der Waals surface area (Å²) in [7, 11) is 0. The number of hydrazone groups is 1. The molecule has 13 heteroatoms. The molecule has 0 aliphatic carbocycles. The van der Waals surface area contributed by atoms with Crippen LogP contribution in [0.3, 0.4) is 0 Å². The zero-order chi connectivity index (χ0) is 25.3. The lowest BCUT2D eigenvalue weighted by atomic mass is 10.1. The summed E-state index contributed by atoms with van der Waals surface area (Å²) in [5.41, 5.74) is 3.55. The second kappa shape index (κ2) is 8.80. The number of fused-ring (bicyclic) bond motifs is 1. The monoisotopic (exact) mass is 488 g/mol. The van der Waals surface area contributed by atoms with Crippen LogP contribution in [0.5, 0.6) is 0 Å². The van der Waals surface area contributed by atoms with Gasteiger partial charge >= 0.3 is 23.9 Å². The molecule has 0 spiro atoms. The molecule has 34 heavy (non-hydrogen) atoms. The van der Waals surface area contributed by atoms with E-state index in [1.807, 2.05) is 0 Å². The number of amides is 2. The van der Waals surface area contributed by atoms with Crippen LogP contribution in [0.25, 0.3) is 10.9 Å². The average molecular weight is 488 g/mol. The number of alkyl halides is 7. The maximum absolute atomic E-state index is 13.4. The predicted octanol–water partition coefficient (Wildman–Crippen LogP) is 5.09.